The van der Waals surface area contributed by atoms with E-state index in [0.29, 0.717) is 36.9 Å². The molecule has 0 saturated heterocycles. The summed E-state index contributed by atoms with van der Waals surface area (Å²) in [5.41, 5.74) is 2.48. The molecule has 10 nitrogen and oxygen atoms in total. The lowest BCUT2D eigenvalue weighted by molar-refractivity contribution is -0.147. The predicted octanol–water partition coefficient (Wildman–Crippen LogP) is 4.92. The van der Waals surface area contributed by atoms with Crippen molar-refractivity contribution in [3.05, 3.63) is 59.9 Å². The Morgan fingerprint density at radius 3 is 2.36 bits per heavy atom. The van der Waals surface area contributed by atoms with Gasteiger partial charge >= 0.3 is 5.97 Å². The molecule has 1 unspecified atom stereocenters. The summed E-state index contributed by atoms with van der Waals surface area (Å²) < 4.78 is 60.3. The Labute approximate surface area is 225 Å². The van der Waals surface area contributed by atoms with E-state index < -0.39 is 22.6 Å². The molecular formula is C26H29F2N5O5S. The number of ether oxygens (including phenoxy) is 1. The van der Waals surface area contributed by atoms with Gasteiger partial charge in [-0.05, 0) is 67.9 Å². The number of aromatic nitrogens is 4. The Morgan fingerprint density at radius 2 is 1.74 bits per heavy atom. The third kappa shape index (κ3) is 7.51. The van der Waals surface area contributed by atoms with Gasteiger partial charge in [0.1, 0.15) is 11.8 Å². The number of anilines is 2. The van der Waals surface area contributed by atoms with Gasteiger partial charge in [0.25, 0.3) is 16.5 Å². The van der Waals surface area contributed by atoms with Crippen LogP contribution >= 0.6 is 0 Å². The fraction of sp³-hybridized carbons (Fsp3) is 0.423. The number of benzene rings is 1. The van der Waals surface area contributed by atoms with E-state index in [9.17, 15) is 22.0 Å². The number of carbonyl (C=O) groups is 1. The number of nitrogens with one attached hydrogen (secondary N) is 1. The molecule has 1 aliphatic rings. The number of esters is 1. The number of hydrogen-bond donors (Lipinski definition) is 1. The lowest BCUT2D eigenvalue weighted by Crippen LogP contribution is -2.28. The van der Waals surface area contributed by atoms with Crippen molar-refractivity contribution in [1.29, 1.82) is 0 Å². The largest absolute Gasteiger partial charge is 0.469 e. The van der Waals surface area contributed by atoms with Crippen molar-refractivity contribution in [2.75, 3.05) is 18.7 Å². The lowest BCUT2D eigenvalue weighted by atomic mass is 9.79. The number of carbonyl (C=O) groups excluding carboxylic acids is 1. The molecule has 1 aliphatic carbocycles. The van der Waals surface area contributed by atoms with Crippen molar-refractivity contribution in [2.24, 2.45) is 11.8 Å². The molecule has 2 aromatic heterocycles. The first-order valence-corrected chi connectivity index (χ1v) is 14.1. The number of hydrogen-bond acceptors (Lipinski definition) is 10. The maximum atomic E-state index is 13.0. The van der Waals surface area contributed by atoms with Crippen molar-refractivity contribution in [3.8, 4) is 11.1 Å². The van der Waals surface area contributed by atoms with Crippen LogP contribution in [0.1, 0.15) is 55.3 Å². The summed E-state index contributed by atoms with van der Waals surface area (Å²) in [6.45, 7) is 1.88. The maximum absolute atomic E-state index is 13.0. The molecule has 0 bridgehead atoms. The minimum Gasteiger partial charge on any atom is -0.469 e. The highest BCUT2D eigenvalue weighted by Crippen LogP contribution is 2.39. The molecule has 0 amide bonds. The van der Waals surface area contributed by atoms with Gasteiger partial charge < -0.3 is 10.1 Å². The molecule has 1 atom stereocenters. The fourth-order valence-electron chi connectivity index (χ4n) is 4.68. The third-order valence-corrected chi connectivity index (χ3v) is 7.06. The van der Waals surface area contributed by atoms with Crippen molar-refractivity contribution >= 4 is 27.7 Å². The van der Waals surface area contributed by atoms with Crippen LogP contribution in [0, 0.1) is 18.8 Å². The Kier molecular flexibility index (Phi) is 8.80. The van der Waals surface area contributed by atoms with Gasteiger partial charge in [0.15, 0.2) is 5.82 Å². The minimum atomic E-state index is -3.81. The standard InChI is InChI=1S/C26H29F2N5O5S/c1-15-10-18(12-20(11-15)32-26-29-9-8-21(33-26)23(27)28)19-13-30-24(31-14-19)22(38-39(3,35)36)16-4-6-17(7-5-16)25(34)37-2/h8-14,16-17,22-23H,4-7H2,1-3H3,(H,29,32,33). The molecule has 4 rings (SSSR count). The predicted molar refractivity (Wildman–Crippen MR) is 139 cm³/mol. The van der Waals surface area contributed by atoms with Gasteiger partial charge in [0.2, 0.25) is 5.95 Å². The number of aryl methyl sites for hydroxylation is 1. The van der Waals surface area contributed by atoms with Crippen LogP contribution < -0.4 is 5.32 Å². The Hall–Kier alpha value is -3.58. The van der Waals surface area contributed by atoms with Gasteiger partial charge in [0.05, 0.1) is 19.3 Å². The van der Waals surface area contributed by atoms with Crippen molar-refractivity contribution in [2.45, 2.75) is 45.1 Å². The molecule has 1 saturated carbocycles. The number of methoxy groups -OCH3 is 1. The van der Waals surface area contributed by atoms with E-state index in [1.807, 2.05) is 19.1 Å². The molecule has 208 valence electrons. The molecule has 3 aromatic rings. The lowest BCUT2D eigenvalue weighted by Gasteiger charge is -2.31. The number of alkyl halides is 2. The second-order valence-electron chi connectivity index (χ2n) is 9.50. The normalized spacial score (nSPS) is 18.5. The van der Waals surface area contributed by atoms with E-state index in [1.165, 1.54) is 13.3 Å². The quantitative estimate of drug-likeness (QED) is 0.283. The first-order chi connectivity index (χ1) is 18.5. The van der Waals surface area contributed by atoms with E-state index in [2.05, 4.69) is 25.3 Å². The first kappa shape index (κ1) is 28.4. The van der Waals surface area contributed by atoms with Crippen molar-refractivity contribution in [1.82, 2.24) is 19.9 Å². The molecule has 2 heterocycles. The van der Waals surface area contributed by atoms with Crippen LogP contribution in [0.2, 0.25) is 0 Å². The molecule has 0 spiro atoms. The second kappa shape index (κ2) is 12.1. The van der Waals surface area contributed by atoms with Crippen LogP contribution in [0.5, 0.6) is 0 Å². The average Bonchev–Trinajstić information content (AvgIpc) is 2.91. The summed E-state index contributed by atoms with van der Waals surface area (Å²) in [7, 11) is -2.45. The highest BCUT2D eigenvalue weighted by molar-refractivity contribution is 7.86. The molecular weight excluding hydrogens is 532 g/mol. The van der Waals surface area contributed by atoms with Gasteiger partial charge in [-0.25, -0.2) is 28.7 Å². The van der Waals surface area contributed by atoms with Crippen LogP contribution in [0.3, 0.4) is 0 Å². The molecule has 13 heteroatoms. The average molecular weight is 562 g/mol. The summed E-state index contributed by atoms with van der Waals surface area (Å²) in [5.74, 6) is -0.409. The first-order valence-electron chi connectivity index (χ1n) is 12.3. The van der Waals surface area contributed by atoms with Gasteiger partial charge in [-0.1, -0.05) is 6.07 Å². The van der Waals surface area contributed by atoms with Crippen LogP contribution in [0.4, 0.5) is 20.4 Å². The van der Waals surface area contributed by atoms with E-state index in [0.717, 1.165) is 23.4 Å². The Bertz CT molecular complexity index is 1410. The van der Waals surface area contributed by atoms with Crippen molar-refractivity contribution < 1.29 is 30.9 Å². The summed E-state index contributed by atoms with van der Waals surface area (Å²) >= 11 is 0. The second-order valence-corrected chi connectivity index (χ2v) is 11.1. The van der Waals surface area contributed by atoms with E-state index in [1.54, 1.807) is 18.5 Å². The summed E-state index contributed by atoms with van der Waals surface area (Å²) in [5, 5.41) is 2.95. The van der Waals surface area contributed by atoms with Gasteiger partial charge in [-0.15, -0.1) is 0 Å². The SMILES string of the molecule is COC(=O)C1CCC(C(OS(C)(=O)=O)c2ncc(-c3cc(C)cc(Nc4nccc(C(F)F)n4)c3)cn2)CC1. The summed E-state index contributed by atoms with van der Waals surface area (Å²) in [6.07, 6.45) is 4.04. The van der Waals surface area contributed by atoms with Crippen LogP contribution in [0.15, 0.2) is 42.9 Å². The van der Waals surface area contributed by atoms with Gasteiger partial charge in [0, 0.05) is 29.8 Å². The smallest absolute Gasteiger partial charge is 0.308 e. The monoisotopic (exact) mass is 561 g/mol. The fourth-order valence-corrected chi connectivity index (χ4v) is 5.30. The summed E-state index contributed by atoms with van der Waals surface area (Å²) in [4.78, 5) is 28.6. The number of halogens is 2. The zero-order valence-corrected chi connectivity index (χ0v) is 22.5. The Balaban J connectivity index is 1.55. The molecule has 1 fully saturated rings. The zero-order chi connectivity index (χ0) is 28.2. The topological polar surface area (TPSA) is 133 Å². The van der Waals surface area contributed by atoms with Crippen LogP contribution in [-0.2, 0) is 23.8 Å². The molecule has 0 aliphatic heterocycles. The minimum absolute atomic E-state index is 0.0404. The third-order valence-electron chi connectivity index (χ3n) is 6.51. The maximum Gasteiger partial charge on any atom is 0.308 e. The number of rotatable bonds is 9. The van der Waals surface area contributed by atoms with E-state index in [-0.39, 0.29) is 35.3 Å². The molecule has 1 aromatic carbocycles. The van der Waals surface area contributed by atoms with Gasteiger partial charge in [-0.3, -0.25) is 8.98 Å². The van der Waals surface area contributed by atoms with Crippen LogP contribution in [0.25, 0.3) is 11.1 Å². The van der Waals surface area contributed by atoms with E-state index in [4.69, 9.17) is 8.92 Å². The van der Waals surface area contributed by atoms with Gasteiger partial charge in [-0.2, -0.15) is 8.42 Å². The highest BCUT2D eigenvalue weighted by atomic mass is 32.2. The molecule has 39 heavy (non-hydrogen) atoms. The Morgan fingerprint density at radius 1 is 1.05 bits per heavy atom. The molecule has 1 N–H and O–H groups in total. The summed E-state index contributed by atoms with van der Waals surface area (Å²) in [6, 6.07) is 6.65. The van der Waals surface area contributed by atoms with Crippen LogP contribution in [-0.4, -0.2) is 47.7 Å². The number of nitrogens with zero attached hydrogens (tertiary/aromatic N) is 4. The highest BCUT2D eigenvalue weighted by Gasteiger charge is 2.35. The van der Waals surface area contributed by atoms with Crippen molar-refractivity contribution in [3.63, 3.8) is 0 Å². The van der Waals surface area contributed by atoms with E-state index >= 15 is 0 Å². The molecule has 0 radical (unpaired) electrons. The zero-order valence-electron chi connectivity index (χ0n) is 21.7.